The molecule has 0 atom stereocenters. The van der Waals surface area contributed by atoms with Crippen molar-refractivity contribution >= 4 is 11.6 Å². The molecule has 0 radical (unpaired) electrons. The van der Waals surface area contributed by atoms with Gasteiger partial charge >= 0.3 is 0 Å². The molecule has 2 N–H and O–H groups in total. The molecule has 0 amide bonds. The summed E-state index contributed by atoms with van der Waals surface area (Å²) in [6.07, 6.45) is 1.89. The molecular weight excluding hydrogens is 186 g/mol. The fourth-order valence-corrected chi connectivity index (χ4v) is 1.42. The van der Waals surface area contributed by atoms with Gasteiger partial charge in [0.15, 0.2) is 0 Å². The lowest BCUT2D eigenvalue weighted by atomic mass is 10.1. The van der Waals surface area contributed by atoms with E-state index in [2.05, 4.69) is 0 Å². The second kappa shape index (κ2) is 5.10. The third-order valence-electron chi connectivity index (χ3n) is 1.91. The molecule has 72 valence electrons. The minimum absolute atomic E-state index is 0.697. The Bertz CT molecular complexity index is 276. The van der Waals surface area contributed by atoms with Crippen LogP contribution in [0.15, 0.2) is 18.2 Å². The molecule has 1 aromatic rings. The first-order valence-corrected chi connectivity index (χ1v) is 4.68. The normalized spacial score (nSPS) is 10.1. The lowest BCUT2D eigenvalue weighted by molar-refractivity contribution is 0.414. The van der Waals surface area contributed by atoms with Crippen LogP contribution in [0.3, 0.4) is 0 Å². The number of ether oxygens (including phenoxy) is 1. The molecule has 0 bridgehead atoms. The molecule has 0 fully saturated rings. The van der Waals surface area contributed by atoms with E-state index in [-0.39, 0.29) is 0 Å². The van der Waals surface area contributed by atoms with Gasteiger partial charge in [0.2, 0.25) is 0 Å². The van der Waals surface area contributed by atoms with Gasteiger partial charge in [0.05, 0.1) is 7.11 Å². The van der Waals surface area contributed by atoms with Crippen LogP contribution < -0.4 is 10.5 Å². The molecule has 0 saturated heterocycles. The van der Waals surface area contributed by atoms with Crippen LogP contribution in [0.1, 0.15) is 12.0 Å². The second-order valence-corrected chi connectivity index (χ2v) is 3.26. The minimum Gasteiger partial charge on any atom is -0.497 e. The summed E-state index contributed by atoms with van der Waals surface area (Å²) in [4.78, 5) is 0. The van der Waals surface area contributed by atoms with Gasteiger partial charge in [-0.25, -0.2) is 0 Å². The number of methoxy groups -OCH3 is 1. The van der Waals surface area contributed by atoms with Gasteiger partial charge in [-0.1, -0.05) is 17.7 Å². The summed E-state index contributed by atoms with van der Waals surface area (Å²) in [5.41, 5.74) is 6.55. The maximum Gasteiger partial charge on any atom is 0.120 e. The predicted molar refractivity (Wildman–Crippen MR) is 55.4 cm³/mol. The van der Waals surface area contributed by atoms with Gasteiger partial charge in [0, 0.05) is 5.02 Å². The van der Waals surface area contributed by atoms with Crippen molar-refractivity contribution in [2.45, 2.75) is 12.8 Å². The first-order valence-electron chi connectivity index (χ1n) is 4.30. The van der Waals surface area contributed by atoms with Crippen LogP contribution in [0, 0.1) is 0 Å². The number of rotatable bonds is 4. The van der Waals surface area contributed by atoms with E-state index in [1.165, 1.54) is 0 Å². The Morgan fingerprint density at radius 2 is 2.23 bits per heavy atom. The SMILES string of the molecule is COc1ccc(CCCN)c(Cl)c1. The van der Waals surface area contributed by atoms with Crippen molar-refractivity contribution in [1.82, 2.24) is 0 Å². The summed E-state index contributed by atoms with van der Waals surface area (Å²) in [7, 11) is 1.63. The molecule has 0 spiro atoms. The Kier molecular flexibility index (Phi) is 4.06. The first kappa shape index (κ1) is 10.4. The third-order valence-corrected chi connectivity index (χ3v) is 2.26. The summed E-state index contributed by atoms with van der Waals surface area (Å²) in [6, 6.07) is 5.72. The van der Waals surface area contributed by atoms with E-state index < -0.39 is 0 Å². The number of hydrogen-bond donors (Lipinski definition) is 1. The second-order valence-electron chi connectivity index (χ2n) is 2.85. The number of aryl methyl sites for hydroxylation is 1. The Balaban J connectivity index is 2.73. The molecule has 3 heteroatoms. The highest BCUT2D eigenvalue weighted by Crippen LogP contribution is 2.23. The molecule has 0 aliphatic rings. The molecule has 1 aromatic carbocycles. The molecule has 0 saturated carbocycles. The molecule has 0 unspecified atom stereocenters. The fourth-order valence-electron chi connectivity index (χ4n) is 1.15. The average molecular weight is 200 g/mol. The molecule has 0 aromatic heterocycles. The molecule has 0 heterocycles. The van der Waals surface area contributed by atoms with Crippen LogP contribution >= 0.6 is 11.6 Å². The van der Waals surface area contributed by atoms with E-state index in [0.717, 1.165) is 29.2 Å². The zero-order valence-electron chi connectivity index (χ0n) is 7.72. The first-order chi connectivity index (χ1) is 6.27. The highest BCUT2D eigenvalue weighted by atomic mass is 35.5. The Morgan fingerprint density at radius 3 is 2.77 bits per heavy atom. The predicted octanol–water partition coefficient (Wildman–Crippen LogP) is 2.24. The van der Waals surface area contributed by atoms with Gasteiger partial charge in [-0.15, -0.1) is 0 Å². The van der Waals surface area contributed by atoms with Crippen molar-refractivity contribution < 1.29 is 4.74 Å². The smallest absolute Gasteiger partial charge is 0.120 e. The van der Waals surface area contributed by atoms with Crippen LogP contribution in [-0.2, 0) is 6.42 Å². The molecule has 1 rings (SSSR count). The third kappa shape index (κ3) is 2.90. The fraction of sp³-hybridized carbons (Fsp3) is 0.400. The molecular formula is C10H14ClNO. The van der Waals surface area contributed by atoms with Crippen LogP contribution in [0.25, 0.3) is 0 Å². The van der Waals surface area contributed by atoms with E-state index in [4.69, 9.17) is 22.1 Å². The van der Waals surface area contributed by atoms with Crippen molar-refractivity contribution in [3.8, 4) is 5.75 Å². The van der Waals surface area contributed by atoms with E-state index in [0.29, 0.717) is 6.54 Å². The zero-order chi connectivity index (χ0) is 9.68. The van der Waals surface area contributed by atoms with Crippen LogP contribution in [0.4, 0.5) is 0 Å². The monoisotopic (exact) mass is 199 g/mol. The topological polar surface area (TPSA) is 35.2 Å². The molecule has 13 heavy (non-hydrogen) atoms. The van der Waals surface area contributed by atoms with E-state index in [9.17, 15) is 0 Å². The highest BCUT2D eigenvalue weighted by molar-refractivity contribution is 6.31. The van der Waals surface area contributed by atoms with Gasteiger partial charge in [0.1, 0.15) is 5.75 Å². The maximum absolute atomic E-state index is 6.02. The zero-order valence-corrected chi connectivity index (χ0v) is 8.47. The average Bonchev–Trinajstić information content (AvgIpc) is 2.16. The lowest BCUT2D eigenvalue weighted by Gasteiger charge is -2.05. The number of benzene rings is 1. The van der Waals surface area contributed by atoms with Crippen molar-refractivity contribution in [3.05, 3.63) is 28.8 Å². The van der Waals surface area contributed by atoms with Crippen molar-refractivity contribution in [3.63, 3.8) is 0 Å². The molecule has 0 aliphatic carbocycles. The van der Waals surface area contributed by atoms with Gasteiger partial charge < -0.3 is 10.5 Å². The quantitative estimate of drug-likeness (QED) is 0.808. The summed E-state index contributed by atoms with van der Waals surface area (Å²) in [5.74, 6) is 0.793. The van der Waals surface area contributed by atoms with Crippen molar-refractivity contribution in [2.75, 3.05) is 13.7 Å². The van der Waals surface area contributed by atoms with E-state index >= 15 is 0 Å². The highest BCUT2D eigenvalue weighted by Gasteiger charge is 2.01. The molecule has 0 aliphatic heterocycles. The summed E-state index contributed by atoms with van der Waals surface area (Å²) < 4.78 is 5.05. The Hall–Kier alpha value is -0.730. The summed E-state index contributed by atoms with van der Waals surface area (Å²) in [6.45, 7) is 0.697. The van der Waals surface area contributed by atoms with Gasteiger partial charge in [-0.2, -0.15) is 0 Å². The van der Waals surface area contributed by atoms with Crippen LogP contribution in [0.2, 0.25) is 5.02 Å². The summed E-state index contributed by atoms with van der Waals surface area (Å²) in [5, 5.41) is 0.757. The lowest BCUT2D eigenvalue weighted by Crippen LogP contribution is -2.00. The standard InChI is InChI=1S/C10H14ClNO/c1-13-9-5-4-8(3-2-6-12)10(11)7-9/h4-5,7H,2-3,6,12H2,1H3. The number of nitrogens with two attached hydrogens (primary N) is 1. The Morgan fingerprint density at radius 1 is 1.46 bits per heavy atom. The summed E-state index contributed by atoms with van der Waals surface area (Å²) >= 11 is 6.02. The minimum atomic E-state index is 0.697. The van der Waals surface area contributed by atoms with E-state index in [1.807, 2.05) is 18.2 Å². The van der Waals surface area contributed by atoms with Gasteiger partial charge in [0.25, 0.3) is 0 Å². The number of halogens is 1. The van der Waals surface area contributed by atoms with Gasteiger partial charge in [-0.05, 0) is 37.1 Å². The van der Waals surface area contributed by atoms with Crippen LogP contribution in [0.5, 0.6) is 5.75 Å². The number of hydrogen-bond acceptors (Lipinski definition) is 2. The van der Waals surface area contributed by atoms with Crippen molar-refractivity contribution in [2.24, 2.45) is 5.73 Å². The van der Waals surface area contributed by atoms with Crippen molar-refractivity contribution in [1.29, 1.82) is 0 Å². The molecule has 2 nitrogen and oxygen atoms in total. The maximum atomic E-state index is 6.02. The Labute approximate surface area is 83.6 Å². The van der Waals surface area contributed by atoms with Gasteiger partial charge in [-0.3, -0.25) is 0 Å². The largest absolute Gasteiger partial charge is 0.497 e. The van der Waals surface area contributed by atoms with E-state index in [1.54, 1.807) is 7.11 Å². The van der Waals surface area contributed by atoms with Crippen LogP contribution in [-0.4, -0.2) is 13.7 Å².